The van der Waals surface area contributed by atoms with Crippen molar-refractivity contribution in [2.75, 3.05) is 68.2 Å². The van der Waals surface area contributed by atoms with Crippen molar-refractivity contribution in [3.05, 3.63) is 41.5 Å². The number of likely N-dealkylation sites (N-methyl/N-ethyl adjacent to an activating group) is 2. The summed E-state index contributed by atoms with van der Waals surface area (Å²) >= 11 is 0. The molecule has 4 rings (SSSR count). The Morgan fingerprint density at radius 2 is 1.54 bits per heavy atom. The molecule has 0 bridgehead atoms. The lowest BCUT2D eigenvalue weighted by Gasteiger charge is -2.41. The number of carbonyl (C=O) groups is 4. The number of nitrogens with one attached hydrogen (secondary N) is 2. The van der Waals surface area contributed by atoms with E-state index >= 15 is 0 Å². The number of likely N-dealkylation sites (tertiary alicyclic amines) is 1. The van der Waals surface area contributed by atoms with Crippen LogP contribution in [0.5, 0.6) is 23.0 Å². The second kappa shape index (κ2) is 23.2. The molecule has 1 saturated heterocycles. The summed E-state index contributed by atoms with van der Waals surface area (Å²) in [5.41, 5.74) is 2.15. The zero-order chi connectivity index (χ0) is 46.7. The van der Waals surface area contributed by atoms with Crippen molar-refractivity contribution >= 4 is 41.5 Å². The molecule has 4 amide bonds. The number of anilines is 1. The van der Waals surface area contributed by atoms with E-state index in [0.29, 0.717) is 41.7 Å². The van der Waals surface area contributed by atoms with Gasteiger partial charge in [0.25, 0.3) is 0 Å². The van der Waals surface area contributed by atoms with Gasteiger partial charge in [-0.3, -0.25) is 24.1 Å². The van der Waals surface area contributed by atoms with E-state index in [1.54, 1.807) is 58.3 Å². The maximum atomic E-state index is 14.4. The fraction of sp³-hybridized carbons (Fsp3) is 0.625. The third kappa shape index (κ3) is 12.2. The molecule has 0 unspecified atom stereocenters. The van der Waals surface area contributed by atoms with E-state index in [1.165, 1.54) is 0 Å². The Labute approximate surface area is 375 Å². The van der Waals surface area contributed by atoms with Crippen molar-refractivity contribution < 1.29 is 47.6 Å². The van der Waals surface area contributed by atoms with Gasteiger partial charge in [0.2, 0.25) is 36.2 Å². The van der Waals surface area contributed by atoms with Gasteiger partial charge in [0, 0.05) is 27.8 Å². The second-order valence-corrected chi connectivity index (χ2v) is 17.7. The normalized spacial score (nSPS) is 18.2. The Bertz CT molecular complexity index is 1890. The lowest BCUT2D eigenvalue weighted by molar-refractivity contribution is -0.147. The van der Waals surface area contributed by atoms with Gasteiger partial charge in [0.1, 0.15) is 11.8 Å². The Hall–Kier alpha value is -4.86. The molecule has 0 aromatic heterocycles. The van der Waals surface area contributed by atoms with E-state index in [9.17, 15) is 19.2 Å². The zero-order valence-corrected chi connectivity index (χ0v) is 40.0. The summed E-state index contributed by atoms with van der Waals surface area (Å²) in [4.78, 5) is 61.6. The van der Waals surface area contributed by atoms with Crippen molar-refractivity contribution in [2.24, 2.45) is 23.7 Å². The average molecular weight is 880 g/mol. The van der Waals surface area contributed by atoms with Crippen LogP contribution < -0.4 is 29.6 Å². The van der Waals surface area contributed by atoms with Gasteiger partial charge >= 0.3 is 0 Å². The number of benzene rings is 2. The van der Waals surface area contributed by atoms with Gasteiger partial charge in [0.05, 0.1) is 62.6 Å². The highest BCUT2D eigenvalue weighted by molar-refractivity contribution is 5.95. The Morgan fingerprint density at radius 3 is 2.13 bits per heavy atom. The molecule has 2 heterocycles. The van der Waals surface area contributed by atoms with Gasteiger partial charge in [-0.15, -0.1) is 0 Å². The van der Waals surface area contributed by atoms with E-state index in [-0.39, 0.29) is 60.6 Å². The number of hydrogen-bond donors (Lipinski definition) is 2. The fourth-order valence-electron chi connectivity index (χ4n) is 9.02. The lowest BCUT2D eigenvalue weighted by atomic mass is 9.89. The Balaban J connectivity index is 1.49. The van der Waals surface area contributed by atoms with Crippen molar-refractivity contribution in [1.29, 1.82) is 0 Å². The standard InChI is InChI=1S/C48H73N5O10/c1-15-30(6)43(52(10)48(57)41(28(2)3)50-47(56)42(29(4)5)51(8)9)37(59-12)26-40(54)53-22-16-17-35(53)44(61-14)31(7)46(55)49-34-23-32(20-21-36(34)58-11)18-19-33-24-38(60-13)45-39(25-33)62-27-63-45/h18-21,23-25,28-31,35,37,41-44H,15-17,22,26-27H2,1-14H3,(H,49,55)(H,50,56)/b19-18-/t30-,31+,35-,37+,41-,42-,43-,44+/m0/s1. The fourth-order valence-corrected chi connectivity index (χ4v) is 9.02. The third-order valence-corrected chi connectivity index (χ3v) is 12.6. The molecule has 0 radical (unpaired) electrons. The van der Waals surface area contributed by atoms with Gasteiger partial charge in [-0.1, -0.05) is 73.1 Å². The largest absolute Gasteiger partial charge is 0.495 e. The van der Waals surface area contributed by atoms with Crippen LogP contribution in [0.25, 0.3) is 12.2 Å². The SMILES string of the molecule is CC[C@H](C)[C@@H]([C@@H](CC(=O)N1CCC[C@H]1[C@H](OC)[C@@H](C)C(=O)Nc1cc(/C=C\c2cc(OC)c3c(c2)OCO3)ccc1OC)OC)N(C)C(=O)[C@@H](NC(=O)[C@H](C(C)C)N(C)C)C(C)C. The van der Waals surface area contributed by atoms with Crippen molar-refractivity contribution in [2.45, 2.75) is 111 Å². The number of methoxy groups -OCH3 is 4. The summed E-state index contributed by atoms with van der Waals surface area (Å²) in [6.45, 7) is 14.3. The second-order valence-electron chi connectivity index (χ2n) is 17.7. The van der Waals surface area contributed by atoms with Gasteiger partial charge < -0.3 is 48.9 Å². The van der Waals surface area contributed by atoms with Crippen molar-refractivity contribution in [3.8, 4) is 23.0 Å². The van der Waals surface area contributed by atoms with Gasteiger partial charge in [-0.25, -0.2) is 0 Å². The molecule has 0 saturated carbocycles. The summed E-state index contributed by atoms with van der Waals surface area (Å²) in [6, 6.07) is 7.24. The van der Waals surface area contributed by atoms with Crippen LogP contribution in [0.3, 0.4) is 0 Å². The molecule has 2 aromatic rings. The molecular weight excluding hydrogens is 807 g/mol. The van der Waals surface area contributed by atoms with Crippen LogP contribution in [-0.4, -0.2) is 138 Å². The zero-order valence-electron chi connectivity index (χ0n) is 40.0. The molecule has 8 atom stereocenters. The third-order valence-electron chi connectivity index (χ3n) is 12.6. The Kier molecular flexibility index (Phi) is 18.7. The predicted octanol–water partition coefficient (Wildman–Crippen LogP) is 6.19. The smallest absolute Gasteiger partial charge is 0.245 e. The minimum atomic E-state index is -0.772. The first-order valence-electron chi connectivity index (χ1n) is 22.2. The summed E-state index contributed by atoms with van der Waals surface area (Å²) < 4.78 is 34.3. The first kappa shape index (κ1) is 50.8. The number of nitrogens with zero attached hydrogens (tertiary/aromatic N) is 3. The maximum absolute atomic E-state index is 14.4. The van der Waals surface area contributed by atoms with Gasteiger partial charge in [0.15, 0.2) is 11.5 Å². The van der Waals surface area contributed by atoms with E-state index in [2.05, 4.69) is 10.6 Å². The Morgan fingerprint density at radius 1 is 0.857 bits per heavy atom. The van der Waals surface area contributed by atoms with Crippen LogP contribution in [0.4, 0.5) is 5.69 Å². The summed E-state index contributed by atoms with van der Waals surface area (Å²) in [5.74, 6) is 0.534. The molecule has 63 heavy (non-hydrogen) atoms. The first-order chi connectivity index (χ1) is 29.9. The molecule has 350 valence electrons. The predicted molar refractivity (Wildman–Crippen MR) is 245 cm³/mol. The summed E-state index contributed by atoms with van der Waals surface area (Å²) in [5, 5.41) is 6.10. The molecule has 2 N–H and O–H groups in total. The number of ether oxygens (including phenoxy) is 6. The molecule has 15 heteroatoms. The molecule has 2 aliphatic rings. The van der Waals surface area contributed by atoms with Crippen molar-refractivity contribution in [1.82, 2.24) is 20.0 Å². The highest BCUT2D eigenvalue weighted by Crippen LogP contribution is 2.42. The number of carbonyl (C=O) groups excluding carboxylic acids is 4. The minimum Gasteiger partial charge on any atom is -0.495 e. The van der Waals surface area contributed by atoms with Crippen LogP contribution >= 0.6 is 0 Å². The summed E-state index contributed by atoms with van der Waals surface area (Å²) in [7, 11) is 11.7. The van der Waals surface area contributed by atoms with Crippen LogP contribution in [0, 0.1) is 23.7 Å². The molecule has 1 fully saturated rings. The average Bonchev–Trinajstić information content (AvgIpc) is 3.94. The molecule has 15 nitrogen and oxygen atoms in total. The summed E-state index contributed by atoms with van der Waals surface area (Å²) in [6.07, 6.45) is 4.72. The van der Waals surface area contributed by atoms with Gasteiger partial charge in [-0.2, -0.15) is 0 Å². The lowest BCUT2D eigenvalue weighted by Crippen LogP contribution is -2.59. The van der Waals surface area contributed by atoms with E-state index in [1.807, 2.05) is 97.0 Å². The quantitative estimate of drug-likeness (QED) is 0.130. The maximum Gasteiger partial charge on any atom is 0.245 e. The molecule has 2 aliphatic heterocycles. The van der Waals surface area contributed by atoms with Crippen LogP contribution in [0.1, 0.15) is 85.3 Å². The number of amides is 4. The van der Waals surface area contributed by atoms with Crippen LogP contribution in [0.2, 0.25) is 0 Å². The van der Waals surface area contributed by atoms with Gasteiger partial charge in [-0.05, 0) is 80.1 Å². The first-order valence-corrected chi connectivity index (χ1v) is 22.2. The molecule has 0 spiro atoms. The highest BCUT2D eigenvalue weighted by atomic mass is 16.7. The minimum absolute atomic E-state index is 0.0158. The van der Waals surface area contributed by atoms with Crippen molar-refractivity contribution in [3.63, 3.8) is 0 Å². The molecule has 2 aromatic carbocycles. The van der Waals surface area contributed by atoms with Crippen LogP contribution in [0.15, 0.2) is 30.3 Å². The molecule has 0 aliphatic carbocycles. The van der Waals surface area contributed by atoms with Crippen LogP contribution in [-0.2, 0) is 28.7 Å². The topological polar surface area (TPSA) is 157 Å². The van der Waals surface area contributed by atoms with E-state index in [4.69, 9.17) is 28.4 Å². The molecular formula is C48H73N5O10. The number of rotatable bonds is 22. The number of hydrogen-bond acceptors (Lipinski definition) is 11. The van der Waals surface area contributed by atoms with E-state index < -0.39 is 36.3 Å². The monoisotopic (exact) mass is 880 g/mol. The van der Waals surface area contributed by atoms with E-state index in [0.717, 1.165) is 24.0 Å². The number of fused-ring (bicyclic) bond motifs is 1. The highest BCUT2D eigenvalue weighted by Gasteiger charge is 2.43.